The minimum Gasteiger partial charge on any atom is -0.348 e. The van der Waals surface area contributed by atoms with Crippen molar-refractivity contribution in [1.29, 1.82) is 0 Å². The fraction of sp³-hybridized carbons (Fsp3) is 0.615. The van der Waals surface area contributed by atoms with E-state index in [0.29, 0.717) is 23.7 Å². The summed E-state index contributed by atoms with van der Waals surface area (Å²) in [6.07, 6.45) is 1.71. The Balaban J connectivity index is 1.97. The molecule has 0 aromatic carbocycles. The molecule has 3 rings (SSSR count). The van der Waals surface area contributed by atoms with Gasteiger partial charge in [-0.2, -0.15) is 0 Å². The number of hydrogen-bond donors (Lipinski definition) is 1. The summed E-state index contributed by atoms with van der Waals surface area (Å²) in [4.78, 5) is 17.3. The van der Waals surface area contributed by atoms with E-state index in [1.807, 2.05) is 6.92 Å². The highest BCUT2D eigenvalue weighted by Gasteiger charge is 2.43. The van der Waals surface area contributed by atoms with Crippen LogP contribution >= 0.6 is 0 Å². The summed E-state index contributed by atoms with van der Waals surface area (Å²) >= 11 is 0. The largest absolute Gasteiger partial charge is 0.348 e. The second kappa shape index (κ2) is 4.45. The van der Waals surface area contributed by atoms with E-state index in [-0.39, 0.29) is 10.6 Å². The molecule has 3 heterocycles. The van der Waals surface area contributed by atoms with E-state index in [2.05, 4.69) is 22.1 Å². The number of hydrogen-bond acceptors (Lipinski definition) is 5. The van der Waals surface area contributed by atoms with Crippen LogP contribution in [0.2, 0.25) is 0 Å². The van der Waals surface area contributed by atoms with Gasteiger partial charge in [-0.25, -0.2) is 4.98 Å². The van der Waals surface area contributed by atoms with Gasteiger partial charge in [0.05, 0.1) is 4.92 Å². The molecule has 19 heavy (non-hydrogen) atoms. The number of aromatic nitrogens is 1. The van der Waals surface area contributed by atoms with Crippen LogP contribution in [0.4, 0.5) is 11.5 Å². The maximum atomic E-state index is 11.2. The zero-order valence-corrected chi connectivity index (χ0v) is 11.2. The lowest BCUT2D eigenvalue weighted by Gasteiger charge is -2.25. The third kappa shape index (κ3) is 1.96. The van der Waals surface area contributed by atoms with Crippen LogP contribution < -0.4 is 10.2 Å². The van der Waals surface area contributed by atoms with Crippen LogP contribution in [0.25, 0.3) is 0 Å². The van der Waals surface area contributed by atoms with E-state index in [1.165, 1.54) is 0 Å². The van der Waals surface area contributed by atoms with E-state index in [9.17, 15) is 10.1 Å². The predicted molar refractivity (Wildman–Crippen MR) is 72.3 cm³/mol. The van der Waals surface area contributed by atoms with Crippen LogP contribution in [0.15, 0.2) is 12.3 Å². The Bertz CT molecular complexity index is 519. The number of anilines is 1. The standard InChI is InChI=1S/C13H18N4O2/c1-8-3-12(17(18)19)13(15-4-8)16-7-10-5-14-6-11(10)9(16)2/h3-4,9-11,14H,5-7H2,1-2H3. The third-order valence-corrected chi connectivity index (χ3v) is 4.39. The Labute approximate surface area is 112 Å². The first-order valence-electron chi connectivity index (χ1n) is 6.66. The van der Waals surface area contributed by atoms with E-state index in [0.717, 1.165) is 25.2 Å². The first-order chi connectivity index (χ1) is 9.08. The molecule has 2 aliphatic rings. The summed E-state index contributed by atoms with van der Waals surface area (Å²) < 4.78 is 0. The molecule has 6 heteroatoms. The Morgan fingerprint density at radius 1 is 1.53 bits per heavy atom. The average Bonchev–Trinajstić information content (AvgIpc) is 2.93. The van der Waals surface area contributed by atoms with Crippen molar-refractivity contribution in [2.24, 2.45) is 11.8 Å². The Morgan fingerprint density at radius 2 is 2.32 bits per heavy atom. The first-order valence-corrected chi connectivity index (χ1v) is 6.66. The minimum atomic E-state index is -0.325. The lowest BCUT2D eigenvalue weighted by Crippen LogP contribution is -2.34. The van der Waals surface area contributed by atoms with Gasteiger partial charge >= 0.3 is 5.69 Å². The molecule has 2 saturated heterocycles. The first kappa shape index (κ1) is 12.3. The molecule has 2 aliphatic heterocycles. The molecule has 3 unspecified atom stereocenters. The van der Waals surface area contributed by atoms with Crippen molar-refractivity contribution >= 4 is 11.5 Å². The molecule has 0 bridgehead atoms. The molecule has 1 aromatic rings. The Hall–Kier alpha value is -1.69. The molecule has 0 saturated carbocycles. The maximum absolute atomic E-state index is 11.2. The van der Waals surface area contributed by atoms with Crippen molar-refractivity contribution in [3.8, 4) is 0 Å². The predicted octanol–water partition coefficient (Wildman–Crippen LogP) is 1.34. The minimum absolute atomic E-state index is 0.125. The summed E-state index contributed by atoms with van der Waals surface area (Å²) in [6.45, 7) is 6.83. The van der Waals surface area contributed by atoms with Crippen LogP contribution in [0, 0.1) is 28.9 Å². The second-order valence-corrected chi connectivity index (χ2v) is 5.59. The van der Waals surface area contributed by atoms with Crippen LogP contribution in [-0.2, 0) is 0 Å². The molecule has 6 nitrogen and oxygen atoms in total. The fourth-order valence-corrected chi connectivity index (χ4v) is 3.35. The zero-order valence-electron chi connectivity index (χ0n) is 11.2. The number of fused-ring (bicyclic) bond motifs is 1. The highest BCUT2D eigenvalue weighted by atomic mass is 16.6. The number of pyridine rings is 1. The van der Waals surface area contributed by atoms with Crippen LogP contribution in [0.1, 0.15) is 12.5 Å². The third-order valence-electron chi connectivity index (χ3n) is 4.39. The van der Waals surface area contributed by atoms with Crippen molar-refractivity contribution in [3.63, 3.8) is 0 Å². The van der Waals surface area contributed by atoms with Gasteiger partial charge in [0.1, 0.15) is 0 Å². The van der Waals surface area contributed by atoms with E-state index < -0.39 is 0 Å². The molecule has 0 aliphatic carbocycles. The molecule has 102 valence electrons. The molecule has 2 fully saturated rings. The van der Waals surface area contributed by atoms with Crippen LogP contribution in [0.5, 0.6) is 0 Å². The van der Waals surface area contributed by atoms with Gasteiger partial charge in [0, 0.05) is 37.9 Å². The molecule has 1 N–H and O–H groups in total. The summed E-state index contributed by atoms with van der Waals surface area (Å²) in [7, 11) is 0. The van der Waals surface area contributed by atoms with Gasteiger partial charge in [-0.3, -0.25) is 10.1 Å². The normalized spacial score (nSPS) is 29.6. The molecular weight excluding hydrogens is 244 g/mol. The van der Waals surface area contributed by atoms with Crippen molar-refractivity contribution in [1.82, 2.24) is 10.3 Å². The van der Waals surface area contributed by atoms with E-state index in [4.69, 9.17) is 0 Å². The van der Waals surface area contributed by atoms with Gasteiger partial charge in [0.25, 0.3) is 0 Å². The van der Waals surface area contributed by atoms with Crippen molar-refractivity contribution in [3.05, 3.63) is 27.9 Å². The van der Waals surface area contributed by atoms with Gasteiger partial charge in [-0.1, -0.05) is 0 Å². The summed E-state index contributed by atoms with van der Waals surface area (Å²) in [5.41, 5.74) is 0.948. The maximum Gasteiger partial charge on any atom is 0.311 e. The molecule has 3 atom stereocenters. The van der Waals surface area contributed by atoms with Crippen molar-refractivity contribution < 1.29 is 4.92 Å². The monoisotopic (exact) mass is 262 g/mol. The molecule has 0 radical (unpaired) electrons. The molecule has 1 aromatic heterocycles. The summed E-state index contributed by atoms with van der Waals surface area (Å²) in [5, 5.41) is 14.6. The highest BCUT2D eigenvalue weighted by Crippen LogP contribution is 2.38. The lowest BCUT2D eigenvalue weighted by atomic mass is 9.95. The lowest BCUT2D eigenvalue weighted by molar-refractivity contribution is -0.384. The van der Waals surface area contributed by atoms with Crippen molar-refractivity contribution in [2.75, 3.05) is 24.5 Å². The Morgan fingerprint density at radius 3 is 3.00 bits per heavy atom. The fourth-order valence-electron chi connectivity index (χ4n) is 3.35. The number of rotatable bonds is 2. The zero-order chi connectivity index (χ0) is 13.6. The quantitative estimate of drug-likeness (QED) is 0.643. The summed E-state index contributed by atoms with van der Waals surface area (Å²) in [6, 6.07) is 1.91. The van der Waals surface area contributed by atoms with Gasteiger partial charge in [0.15, 0.2) is 0 Å². The second-order valence-electron chi connectivity index (χ2n) is 5.59. The van der Waals surface area contributed by atoms with Crippen LogP contribution in [-0.4, -0.2) is 35.6 Å². The van der Waals surface area contributed by atoms with E-state index in [1.54, 1.807) is 12.3 Å². The number of nitrogens with zero attached hydrogens (tertiary/aromatic N) is 3. The van der Waals surface area contributed by atoms with Crippen molar-refractivity contribution in [2.45, 2.75) is 19.9 Å². The number of nitro groups is 1. The van der Waals surface area contributed by atoms with Crippen LogP contribution in [0.3, 0.4) is 0 Å². The molecule has 0 spiro atoms. The molecule has 0 amide bonds. The number of aryl methyl sites for hydroxylation is 1. The topological polar surface area (TPSA) is 71.3 Å². The average molecular weight is 262 g/mol. The SMILES string of the molecule is Cc1cnc(N2CC3CNCC3C2C)c([N+](=O)[O-])c1. The van der Waals surface area contributed by atoms with Gasteiger partial charge in [-0.05, 0) is 31.2 Å². The summed E-state index contributed by atoms with van der Waals surface area (Å²) in [5.74, 6) is 1.68. The molecular formula is C13H18N4O2. The Kier molecular flexibility index (Phi) is 2.89. The van der Waals surface area contributed by atoms with Gasteiger partial charge in [0.2, 0.25) is 5.82 Å². The van der Waals surface area contributed by atoms with E-state index >= 15 is 0 Å². The number of nitrogens with one attached hydrogen (secondary N) is 1. The van der Waals surface area contributed by atoms with Gasteiger partial charge < -0.3 is 10.2 Å². The smallest absolute Gasteiger partial charge is 0.311 e. The highest BCUT2D eigenvalue weighted by molar-refractivity contribution is 5.60. The van der Waals surface area contributed by atoms with Gasteiger partial charge in [-0.15, -0.1) is 0 Å².